The highest BCUT2D eigenvalue weighted by Crippen LogP contribution is 2.29. The van der Waals surface area contributed by atoms with E-state index in [9.17, 15) is 0 Å². The van der Waals surface area contributed by atoms with Gasteiger partial charge in [-0.2, -0.15) is 4.37 Å². The third-order valence-corrected chi connectivity index (χ3v) is 3.75. The number of aromatic nitrogens is 1. The Balaban J connectivity index is 2.22. The third kappa shape index (κ3) is 2.76. The van der Waals surface area contributed by atoms with Crippen LogP contribution in [0.5, 0.6) is 0 Å². The SMILES string of the molecule is CC(C)C(CCO)Nc1snc2ccccc12. The number of hydrogen-bond donors (Lipinski definition) is 2. The lowest BCUT2D eigenvalue weighted by atomic mass is 10.0. The summed E-state index contributed by atoms with van der Waals surface area (Å²) in [5, 5.41) is 14.8. The molecule has 1 heterocycles. The Morgan fingerprint density at radius 1 is 1.35 bits per heavy atom. The summed E-state index contributed by atoms with van der Waals surface area (Å²) in [5.41, 5.74) is 1.03. The van der Waals surface area contributed by atoms with Gasteiger partial charge in [-0.15, -0.1) is 0 Å². The van der Waals surface area contributed by atoms with Crippen LogP contribution in [0.3, 0.4) is 0 Å². The average Bonchev–Trinajstić information content (AvgIpc) is 2.72. The zero-order valence-corrected chi connectivity index (χ0v) is 11.0. The largest absolute Gasteiger partial charge is 0.396 e. The predicted octanol–water partition coefficient (Wildman–Crippen LogP) is 3.12. The summed E-state index contributed by atoms with van der Waals surface area (Å²) in [6.07, 6.45) is 0.768. The lowest BCUT2D eigenvalue weighted by Crippen LogP contribution is -2.26. The highest BCUT2D eigenvalue weighted by Gasteiger charge is 2.15. The van der Waals surface area contributed by atoms with Crippen molar-refractivity contribution in [3.05, 3.63) is 24.3 Å². The molecule has 1 aromatic heterocycles. The van der Waals surface area contributed by atoms with Crippen molar-refractivity contribution in [3.8, 4) is 0 Å². The Labute approximate surface area is 106 Å². The van der Waals surface area contributed by atoms with Crippen LogP contribution in [0.25, 0.3) is 10.9 Å². The number of benzene rings is 1. The molecular weight excluding hydrogens is 232 g/mol. The molecule has 1 aromatic carbocycles. The van der Waals surface area contributed by atoms with Crippen molar-refractivity contribution < 1.29 is 5.11 Å². The highest BCUT2D eigenvalue weighted by molar-refractivity contribution is 7.11. The first-order chi connectivity index (χ1) is 8.22. The molecule has 0 saturated heterocycles. The van der Waals surface area contributed by atoms with Gasteiger partial charge in [-0.3, -0.25) is 0 Å². The number of rotatable bonds is 5. The number of aliphatic hydroxyl groups is 1. The predicted molar refractivity (Wildman–Crippen MR) is 73.6 cm³/mol. The van der Waals surface area contributed by atoms with Gasteiger partial charge in [0.05, 0.1) is 5.52 Å². The third-order valence-electron chi connectivity index (χ3n) is 2.95. The summed E-state index contributed by atoms with van der Waals surface area (Å²) < 4.78 is 4.41. The van der Waals surface area contributed by atoms with Gasteiger partial charge in [0.2, 0.25) is 0 Å². The van der Waals surface area contributed by atoms with E-state index in [-0.39, 0.29) is 6.61 Å². The summed E-state index contributed by atoms with van der Waals surface area (Å²) in [6.45, 7) is 4.54. The number of hydrogen-bond acceptors (Lipinski definition) is 4. The Morgan fingerprint density at radius 2 is 2.12 bits per heavy atom. The van der Waals surface area contributed by atoms with Crippen LogP contribution >= 0.6 is 11.5 Å². The quantitative estimate of drug-likeness (QED) is 0.857. The van der Waals surface area contributed by atoms with Gasteiger partial charge in [0.25, 0.3) is 0 Å². The average molecular weight is 250 g/mol. The number of nitrogens with zero attached hydrogens (tertiary/aromatic N) is 1. The molecule has 92 valence electrons. The zero-order chi connectivity index (χ0) is 12.3. The van der Waals surface area contributed by atoms with Crippen molar-refractivity contribution in [2.45, 2.75) is 26.3 Å². The highest BCUT2D eigenvalue weighted by atomic mass is 32.1. The molecule has 4 heteroatoms. The minimum Gasteiger partial charge on any atom is -0.396 e. The Morgan fingerprint density at radius 3 is 2.82 bits per heavy atom. The van der Waals surface area contributed by atoms with Crippen molar-refractivity contribution in [1.29, 1.82) is 0 Å². The molecule has 0 saturated carbocycles. The number of fused-ring (bicyclic) bond motifs is 1. The van der Waals surface area contributed by atoms with E-state index < -0.39 is 0 Å². The van der Waals surface area contributed by atoms with E-state index in [1.165, 1.54) is 16.9 Å². The standard InChI is InChI=1S/C13H18N2OS/c1-9(2)11(7-8-16)14-13-10-5-3-4-6-12(10)15-17-13/h3-6,9,11,14,16H,7-8H2,1-2H3. The van der Waals surface area contributed by atoms with Gasteiger partial charge < -0.3 is 10.4 Å². The van der Waals surface area contributed by atoms with Crippen LogP contribution in [0, 0.1) is 5.92 Å². The van der Waals surface area contributed by atoms with Gasteiger partial charge in [-0.1, -0.05) is 26.0 Å². The Kier molecular flexibility index (Phi) is 3.97. The molecule has 0 spiro atoms. The molecule has 0 aliphatic carbocycles. The van der Waals surface area contributed by atoms with E-state index in [1.807, 2.05) is 18.2 Å². The van der Waals surface area contributed by atoms with E-state index in [1.54, 1.807) is 0 Å². The fourth-order valence-corrected chi connectivity index (χ4v) is 2.70. The van der Waals surface area contributed by atoms with Crippen molar-refractivity contribution in [3.63, 3.8) is 0 Å². The first-order valence-corrected chi connectivity index (χ1v) is 6.71. The van der Waals surface area contributed by atoms with Gasteiger partial charge in [0.1, 0.15) is 5.00 Å². The maximum Gasteiger partial charge on any atom is 0.117 e. The smallest absolute Gasteiger partial charge is 0.117 e. The molecule has 2 N–H and O–H groups in total. The minimum absolute atomic E-state index is 0.215. The van der Waals surface area contributed by atoms with Crippen molar-refractivity contribution >= 4 is 27.4 Å². The first kappa shape index (κ1) is 12.3. The molecule has 0 fully saturated rings. The molecule has 3 nitrogen and oxygen atoms in total. The van der Waals surface area contributed by atoms with Crippen LogP contribution in [0.2, 0.25) is 0 Å². The molecule has 0 amide bonds. The van der Waals surface area contributed by atoms with E-state index in [2.05, 4.69) is 29.6 Å². The second-order valence-corrected chi connectivity index (χ2v) is 5.31. The van der Waals surface area contributed by atoms with Crippen molar-refractivity contribution in [2.75, 3.05) is 11.9 Å². The molecule has 0 aliphatic heterocycles. The molecule has 0 aliphatic rings. The summed E-state index contributed by atoms with van der Waals surface area (Å²) >= 11 is 1.49. The topological polar surface area (TPSA) is 45.1 Å². The summed E-state index contributed by atoms with van der Waals surface area (Å²) in [6, 6.07) is 8.42. The summed E-state index contributed by atoms with van der Waals surface area (Å²) in [5.74, 6) is 0.489. The number of aliphatic hydroxyl groups excluding tert-OH is 1. The maximum atomic E-state index is 9.08. The molecular formula is C13H18N2OS. The number of nitrogens with one attached hydrogen (secondary N) is 1. The van der Waals surface area contributed by atoms with Crippen LogP contribution in [-0.4, -0.2) is 22.1 Å². The monoisotopic (exact) mass is 250 g/mol. The zero-order valence-electron chi connectivity index (χ0n) is 10.2. The summed E-state index contributed by atoms with van der Waals surface area (Å²) in [7, 11) is 0. The lowest BCUT2D eigenvalue weighted by molar-refractivity contribution is 0.267. The van der Waals surface area contributed by atoms with Crippen LogP contribution < -0.4 is 5.32 Å². The van der Waals surface area contributed by atoms with Gasteiger partial charge in [0, 0.05) is 18.0 Å². The molecule has 17 heavy (non-hydrogen) atoms. The Hall–Kier alpha value is -1.13. The van der Waals surface area contributed by atoms with E-state index >= 15 is 0 Å². The first-order valence-electron chi connectivity index (χ1n) is 5.94. The molecule has 2 rings (SSSR count). The van der Waals surface area contributed by atoms with Crippen molar-refractivity contribution in [2.24, 2.45) is 5.92 Å². The molecule has 1 atom stereocenters. The van der Waals surface area contributed by atoms with Gasteiger partial charge >= 0.3 is 0 Å². The van der Waals surface area contributed by atoms with E-state index in [0.29, 0.717) is 12.0 Å². The Bertz CT molecular complexity index is 481. The van der Waals surface area contributed by atoms with Gasteiger partial charge in [0.15, 0.2) is 0 Å². The minimum atomic E-state index is 0.215. The maximum absolute atomic E-state index is 9.08. The molecule has 2 aromatic rings. The second-order valence-electron chi connectivity index (χ2n) is 4.54. The second kappa shape index (κ2) is 5.47. The van der Waals surface area contributed by atoms with Crippen LogP contribution in [0.15, 0.2) is 24.3 Å². The van der Waals surface area contributed by atoms with Crippen LogP contribution in [0.1, 0.15) is 20.3 Å². The lowest BCUT2D eigenvalue weighted by Gasteiger charge is -2.21. The normalized spacial score (nSPS) is 13.2. The van der Waals surface area contributed by atoms with E-state index in [4.69, 9.17) is 5.11 Å². The number of anilines is 1. The van der Waals surface area contributed by atoms with Crippen molar-refractivity contribution in [1.82, 2.24) is 4.37 Å². The fraction of sp³-hybridized carbons (Fsp3) is 0.462. The fourth-order valence-electron chi connectivity index (χ4n) is 1.87. The van der Waals surface area contributed by atoms with Crippen LogP contribution in [-0.2, 0) is 0 Å². The van der Waals surface area contributed by atoms with E-state index in [0.717, 1.165) is 16.9 Å². The van der Waals surface area contributed by atoms with Gasteiger partial charge in [-0.25, -0.2) is 0 Å². The van der Waals surface area contributed by atoms with Crippen LogP contribution in [0.4, 0.5) is 5.00 Å². The van der Waals surface area contributed by atoms with Gasteiger partial charge in [-0.05, 0) is 36.0 Å². The summed E-state index contributed by atoms with van der Waals surface area (Å²) in [4.78, 5) is 0. The molecule has 0 bridgehead atoms. The molecule has 1 unspecified atom stereocenters. The molecule has 0 radical (unpaired) electrons.